The Hall–Kier alpha value is -1.44. The fraction of sp³-hybridized carbons (Fsp3) is 0.588. The summed E-state index contributed by atoms with van der Waals surface area (Å²) < 4.78 is 1.55. The molecule has 8 heteroatoms. The Bertz CT molecular complexity index is 822. The summed E-state index contributed by atoms with van der Waals surface area (Å²) in [5, 5.41) is 3.56. The number of nitrogens with one attached hydrogen (secondary N) is 1. The number of aromatic nitrogens is 2. The first-order valence-corrected chi connectivity index (χ1v) is 9.22. The van der Waals surface area contributed by atoms with Gasteiger partial charge < -0.3 is 11.1 Å². The zero-order valence-electron chi connectivity index (χ0n) is 14.6. The van der Waals surface area contributed by atoms with Gasteiger partial charge >= 0.3 is 0 Å². The maximum Gasteiger partial charge on any atom is 0.262 e. The molecule has 0 saturated carbocycles. The number of rotatable bonds is 5. The van der Waals surface area contributed by atoms with Crippen LogP contribution in [0.2, 0.25) is 0 Å². The van der Waals surface area contributed by atoms with Gasteiger partial charge in [-0.05, 0) is 45.1 Å². The smallest absolute Gasteiger partial charge is 0.262 e. The number of thiophene rings is 1. The molecule has 1 aliphatic rings. The van der Waals surface area contributed by atoms with Gasteiger partial charge in [0.05, 0.1) is 11.7 Å². The van der Waals surface area contributed by atoms with Crippen LogP contribution < -0.4 is 16.6 Å². The third-order valence-electron chi connectivity index (χ3n) is 4.26. The second kappa shape index (κ2) is 7.85. The Morgan fingerprint density at radius 2 is 2.12 bits per heavy atom. The van der Waals surface area contributed by atoms with Crippen LogP contribution in [0.4, 0.5) is 0 Å². The highest BCUT2D eigenvalue weighted by molar-refractivity contribution is 7.18. The number of amides is 1. The first kappa shape index (κ1) is 19.9. The topological polar surface area (TPSA) is 90.0 Å². The summed E-state index contributed by atoms with van der Waals surface area (Å²) in [6.07, 6.45) is 6.13. The standard InChI is InChI=1S/C17H24N4O2S.ClH/c1-17(2,18)9-19-13(22)7-8-21-10-20-15-14(16(21)23)11-5-3-4-6-12(11)24-15;/h10H,3-9,18H2,1-2H3,(H,19,22);1H. The summed E-state index contributed by atoms with van der Waals surface area (Å²) in [5.74, 6) is -0.104. The van der Waals surface area contributed by atoms with Crippen LogP contribution in [-0.4, -0.2) is 27.5 Å². The minimum absolute atomic E-state index is 0. The molecule has 2 aromatic rings. The summed E-state index contributed by atoms with van der Waals surface area (Å²) in [6.45, 7) is 4.46. The first-order valence-electron chi connectivity index (χ1n) is 8.40. The monoisotopic (exact) mass is 384 g/mol. The molecule has 0 fully saturated rings. The second-order valence-electron chi connectivity index (χ2n) is 7.15. The predicted octanol–water partition coefficient (Wildman–Crippen LogP) is 2.00. The van der Waals surface area contributed by atoms with Crippen LogP contribution in [0.3, 0.4) is 0 Å². The van der Waals surface area contributed by atoms with Crippen LogP contribution in [0.25, 0.3) is 10.2 Å². The van der Waals surface area contributed by atoms with E-state index in [-0.39, 0.29) is 30.3 Å². The van der Waals surface area contributed by atoms with E-state index in [4.69, 9.17) is 5.73 Å². The summed E-state index contributed by atoms with van der Waals surface area (Å²) in [5.41, 5.74) is 6.57. The SMILES string of the molecule is CC(C)(N)CNC(=O)CCn1cnc2sc3c(c2c1=O)CCCC3.Cl. The predicted molar refractivity (Wildman–Crippen MR) is 104 cm³/mol. The van der Waals surface area contributed by atoms with Gasteiger partial charge in [0.2, 0.25) is 5.91 Å². The minimum Gasteiger partial charge on any atom is -0.354 e. The van der Waals surface area contributed by atoms with E-state index < -0.39 is 5.54 Å². The highest BCUT2D eigenvalue weighted by atomic mass is 35.5. The number of carbonyl (C=O) groups is 1. The molecule has 6 nitrogen and oxygen atoms in total. The third kappa shape index (κ3) is 4.59. The van der Waals surface area contributed by atoms with Crippen LogP contribution in [0, 0.1) is 0 Å². The fourth-order valence-corrected chi connectivity index (χ4v) is 4.20. The van der Waals surface area contributed by atoms with Crippen LogP contribution in [0.5, 0.6) is 0 Å². The van der Waals surface area contributed by atoms with E-state index in [2.05, 4.69) is 10.3 Å². The highest BCUT2D eigenvalue weighted by Gasteiger charge is 2.20. The van der Waals surface area contributed by atoms with Crippen molar-refractivity contribution in [2.45, 2.75) is 58.0 Å². The molecule has 3 N–H and O–H groups in total. The van der Waals surface area contributed by atoms with E-state index in [1.807, 2.05) is 13.8 Å². The van der Waals surface area contributed by atoms with Gasteiger partial charge in [0.15, 0.2) is 0 Å². The van der Waals surface area contributed by atoms with Crippen molar-refractivity contribution in [1.29, 1.82) is 0 Å². The van der Waals surface area contributed by atoms with Crippen molar-refractivity contribution in [1.82, 2.24) is 14.9 Å². The van der Waals surface area contributed by atoms with Crippen molar-refractivity contribution < 1.29 is 4.79 Å². The van der Waals surface area contributed by atoms with Crippen LogP contribution in [0.1, 0.15) is 43.6 Å². The molecular weight excluding hydrogens is 360 g/mol. The maximum atomic E-state index is 12.8. The molecule has 25 heavy (non-hydrogen) atoms. The molecule has 0 saturated heterocycles. The molecule has 2 heterocycles. The van der Waals surface area contributed by atoms with Gasteiger partial charge in [-0.25, -0.2) is 4.98 Å². The molecule has 1 aliphatic carbocycles. The molecular formula is C17H25ClN4O2S. The van der Waals surface area contributed by atoms with E-state index in [0.29, 0.717) is 13.1 Å². The first-order chi connectivity index (χ1) is 11.3. The van der Waals surface area contributed by atoms with Gasteiger partial charge in [-0.2, -0.15) is 0 Å². The van der Waals surface area contributed by atoms with Crippen molar-refractivity contribution in [2.24, 2.45) is 5.73 Å². The molecule has 3 rings (SSSR count). The summed E-state index contributed by atoms with van der Waals surface area (Å²) in [4.78, 5) is 31.3. The van der Waals surface area contributed by atoms with Gasteiger partial charge in [0.25, 0.3) is 5.56 Å². The summed E-state index contributed by atoms with van der Waals surface area (Å²) >= 11 is 1.64. The van der Waals surface area contributed by atoms with Crippen LogP contribution >= 0.6 is 23.7 Å². The molecule has 2 aromatic heterocycles. The van der Waals surface area contributed by atoms with Crippen molar-refractivity contribution in [2.75, 3.05) is 6.54 Å². The number of hydrogen-bond donors (Lipinski definition) is 2. The molecule has 0 aromatic carbocycles. The lowest BCUT2D eigenvalue weighted by Gasteiger charge is -2.18. The van der Waals surface area contributed by atoms with Crippen molar-refractivity contribution in [3.05, 3.63) is 27.1 Å². The van der Waals surface area contributed by atoms with E-state index in [0.717, 1.165) is 29.5 Å². The normalized spacial score (nSPS) is 14.0. The van der Waals surface area contributed by atoms with Gasteiger partial charge in [-0.3, -0.25) is 14.2 Å². The van der Waals surface area contributed by atoms with Gasteiger partial charge in [-0.1, -0.05) is 0 Å². The molecule has 0 unspecified atom stereocenters. The van der Waals surface area contributed by atoms with Gasteiger partial charge in [-0.15, -0.1) is 23.7 Å². The number of halogens is 1. The number of hydrogen-bond acceptors (Lipinski definition) is 5. The Morgan fingerprint density at radius 3 is 2.84 bits per heavy atom. The van der Waals surface area contributed by atoms with Crippen molar-refractivity contribution in [3.8, 4) is 0 Å². The average molecular weight is 385 g/mol. The van der Waals surface area contributed by atoms with Crippen LogP contribution in [-0.2, 0) is 24.2 Å². The Kier molecular flexibility index (Phi) is 6.24. The van der Waals surface area contributed by atoms with Crippen molar-refractivity contribution in [3.63, 3.8) is 0 Å². The lowest BCUT2D eigenvalue weighted by atomic mass is 9.97. The fourth-order valence-electron chi connectivity index (χ4n) is 2.98. The minimum atomic E-state index is -0.442. The second-order valence-corrected chi connectivity index (χ2v) is 8.23. The molecule has 1 amide bonds. The lowest BCUT2D eigenvalue weighted by molar-refractivity contribution is -0.121. The largest absolute Gasteiger partial charge is 0.354 e. The number of aryl methyl sites for hydroxylation is 3. The van der Waals surface area contributed by atoms with Gasteiger partial charge in [0, 0.05) is 29.9 Å². The van der Waals surface area contributed by atoms with E-state index in [1.54, 1.807) is 22.2 Å². The molecule has 138 valence electrons. The maximum absolute atomic E-state index is 12.8. The Morgan fingerprint density at radius 1 is 1.40 bits per heavy atom. The highest BCUT2D eigenvalue weighted by Crippen LogP contribution is 2.33. The summed E-state index contributed by atoms with van der Waals surface area (Å²) in [7, 11) is 0. The number of carbonyl (C=O) groups excluding carboxylic acids is 1. The number of nitrogens with zero attached hydrogens (tertiary/aromatic N) is 2. The molecule has 0 spiro atoms. The molecule has 0 radical (unpaired) electrons. The van der Waals surface area contributed by atoms with E-state index >= 15 is 0 Å². The molecule has 0 aliphatic heterocycles. The zero-order chi connectivity index (χ0) is 17.3. The number of fused-ring (bicyclic) bond motifs is 3. The lowest BCUT2D eigenvalue weighted by Crippen LogP contribution is -2.45. The van der Waals surface area contributed by atoms with E-state index in [1.165, 1.54) is 16.9 Å². The Balaban J connectivity index is 0.00000225. The van der Waals surface area contributed by atoms with Gasteiger partial charge in [0.1, 0.15) is 4.83 Å². The van der Waals surface area contributed by atoms with Crippen molar-refractivity contribution >= 4 is 39.9 Å². The average Bonchev–Trinajstić information content (AvgIpc) is 2.91. The van der Waals surface area contributed by atoms with Crippen LogP contribution in [0.15, 0.2) is 11.1 Å². The Labute approximate surface area is 157 Å². The third-order valence-corrected chi connectivity index (χ3v) is 5.46. The zero-order valence-corrected chi connectivity index (χ0v) is 16.3. The molecule has 0 bridgehead atoms. The number of nitrogens with two attached hydrogens (primary N) is 1. The molecule has 0 atom stereocenters. The van der Waals surface area contributed by atoms with E-state index in [9.17, 15) is 9.59 Å². The summed E-state index contributed by atoms with van der Waals surface area (Å²) in [6, 6.07) is 0. The quantitative estimate of drug-likeness (QED) is 0.824.